The Morgan fingerprint density at radius 3 is 2.35 bits per heavy atom. The first-order chi connectivity index (χ1) is 17.8. The van der Waals surface area contributed by atoms with Crippen LogP contribution in [0, 0.1) is 5.92 Å². The molecule has 37 heavy (non-hydrogen) atoms. The van der Waals surface area contributed by atoms with Crippen LogP contribution in [0.5, 0.6) is 5.75 Å². The van der Waals surface area contributed by atoms with Gasteiger partial charge >= 0.3 is 0 Å². The number of carbonyl (C=O) groups is 1. The molecule has 0 aromatic heterocycles. The van der Waals surface area contributed by atoms with Crippen LogP contribution in [-0.2, 0) is 23.5 Å². The molecule has 5 nitrogen and oxygen atoms in total. The molecule has 2 aliphatic rings. The molecule has 3 aromatic carbocycles. The van der Waals surface area contributed by atoms with Crippen LogP contribution in [0.25, 0.3) is 0 Å². The molecule has 5 rings (SSSR count). The molecule has 0 radical (unpaired) electrons. The zero-order chi connectivity index (χ0) is 26.0. The van der Waals surface area contributed by atoms with Gasteiger partial charge in [-0.25, -0.2) is 0 Å². The Morgan fingerprint density at radius 2 is 1.68 bits per heavy atom. The number of ether oxygens (including phenoxy) is 1. The lowest BCUT2D eigenvalue weighted by Gasteiger charge is -2.44. The summed E-state index contributed by atoms with van der Waals surface area (Å²) in [4.78, 5) is 17.2. The fourth-order valence-electron chi connectivity index (χ4n) is 5.02. The van der Waals surface area contributed by atoms with Gasteiger partial charge in [0.1, 0.15) is 12.4 Å². The summed E-state index contributed by atoms with van der Waals surface area (Å²) in [5.74, 6) is 1.03. The molecule has 0 aliphatic carbocycles. The second-order valence-corrected chi connectivity index (χ2v) is 11.7. The van der Waals surface area contributed by atoms with E-state index in [4.69, 9.17) is 27.9 Å². The van der Waals surface area contributed by atoms with Gasteiger partial charge in [0.05, 0.1) is 21.6 Å². The summed E-state index contributed by atoms with van der Waals surface area (Å²) in [7, 11) is 0. The highest BCUT2D eigenvalue weighted by molar-refractivity contribution is 9.10. The Bertz CT molecular complexity index is 1260. The number of hydrogen-bond acceptors (Lipinski definition) is 4. The minimum absolute atomic E-state index is 0.0332. The van der Waals surface area contributed by atoms with Crippen molar-refractivity contribution in [1.82, 2.24) is 9.80 Å². The summed E-state index contributed by atoms with van der Waals surface area (Å²) in [6, 6.07) is 21.4. The van der Waals surface area contributed by atoms with E-state index in [0.717, 1.165) is 41.0 Å². The standard InChI is InChI=1S/C29H29BrCl2N2O3/c30-24-3-1-2-23(15-24)29(36)10-12-34(13-11-29)28(35)22-17-33(18-22)16-20-4-7-25(8-5-20)37-19-21-6-9-26(31)27(32)14-21/h1-9,14-15,22,36H,10-13,16-19H2. The average molecular weight is 604 g/mol. The zero-order valence-electron chi connectivity index (χ0n) is 20.4. The largest absolute Gasteiger partial charge is 0.489 e. The van der Waals surface area contributed by atoms with Crippen molar-refractivity contribution in [2.45, 2.75) is 31.6 Å². The second kappa shape index (κ2) is 11.3. The molecule has 0 unspecified atom stereocenters. The minimum Gasteiger partial charge on any atom is -0.489 e. The van der Waals surface area contributed by atoms with Gasteiger partial charge in [0, 0.05) is 37.2 Å². The minimum atomic E-state index is -0.871. The molecule has 0 bridgehead atoms. The molecule has 2 heterocycles. The van der Waals surface area contributed by atoms with Crippen LogP contribution >= 0.6 is 39.1 Å². The van der Waals surface area contributed by atoms with Crippen LogP contribution in [0.2, 0.25) is 10.0 Å². The van der Waals surface area contributed by atoms with E-state index in [1.807, 2.05) is 53.4 Å². The van der Waals surface area contributed by atoms with Gasteiger partial charge in [0.2, 0.25) is 5.91 Å². The van der Waals surface area contributed by atoms with Gasteiger partial charge in [0.15, 0.2) is 0 Å². The Hall–Kier alpha value is -2.09. The van der Waals surface area contributed by atoms with Crippen LogP contribution in [0.3, 0.4) is 0 Å². The molecular formula is C29H29BrCl2N2O3. The lowest BCUT2D eigenvalue weighted by molar-refractivity contribution is -0.145. The second-order valence-electron chi connectivity index (χ2n) is 9.94. The van der Waals surface area contributed by atoms with Crippen LogP contribution in [-0.4, -0.2) is 47.0 Å². The third-order valence-corrected chi connectivity index (χ3v) is 8.52. The van der Waals surface area contributed by atoms with E-state index in [9.17, 15) is 9.90 Å². The summed E-state index contributed by atoms with van der Waals surface area (Å²) >= 11 is 15.5. The number of rotatable bonds is 7. The molecule has 0 atom stereocenters. The van der Waals surface area contributed by atoms with E-state index in [0.29, 0.717) is 42.6 Å². The summed E-state index contributed by atoms with van der Waals surface area (Å²) in [5, 5.41) is 12.2. The van der Waals surface area contributed by atoms with Gasteiger partial charge in [-0.1, -0.05) is 69.5 Å². The molecule has 0 saturated carbocycles. The van der Waals surface area contributed by atoms with E-state index in [1.54, 1.807) is 6.07 Å². The molecule has 2 fully saturated rings. The molecular weight excluding hydrogens is 575 g/mol. The fraction of sp³-hybridized carbons (Fsp3) is 0.345. The Kier molecular flexibility index (Phi) is 8.13. The van der Waals surface area contributed by atoms with Crippen molar-refractivity contribution in [3.63, 3.8) is 0 Å². The number of halogens is 3. The molecule has 0 spiro atoms. The van der Waals surface area contributed by atoms with Gasteiger partial charge in [-0.05, 0) is 65.9 Å². The first-order valence-corrected chi connectivity index (χ1v) is 14.0. The maximum atomic E-state index is 13.0. The number of likely N-dealkylation sites (tertiary alicyclic amines) is 2. The Morgan fingerprint density at radius 1 is 0.973 bits per heavy atom. The van der Waals surface area contributed by atoms with Gasteiger partial charge in [-0.3, -0.25) is 9.69 Å². The highest BCUT2D eigenvalue weighted by Gasteiger charge is 2.40. The summed E-state index contributed by atoms with van der Waals surface area (Å²) in [6.45, 7) is 3.92. The molecule has 8 heteroatoms. The number of hydrogen-bond donors (Lipinski definition) is 1. The summed E-state index contributed by atoms with van der Waals surface area (Å²) in [5.41, 5.74) is 2.19. The van der Waals surface area contributed by atoms with Gasteiger partial charge < -0.3 is 14.7 Å². The van der Waals surface area contributed by atoms with Crippen molar-refractivity contribution in [3.8, 4) is 5.75 Å². The monoisotopic (exact) mass is 602 g/mol. The lowest BCUT2D eigenvalue weighted by Crippen LogP contribution is -2.56. The predicted molar refractivity (Wildman–Crippen MR) is 150 cm³/mol. The number of benzene rings is 3. The van der Waals surface area contributed by atoms with Crippen molar-refractivity contribution in [3.05, 3.63) is 97.9 Å². The summed E-state index contributed by atoms with van der Waals surface area (Å²) < 4.78 is 6.82. The van der Waals surface area contributed by atoms with E-state index in [1.165, 1.54) is 5.56 Å². The number of nitrogens with zero attached hydrogens (tertiary/aromatic N) is 2. The van der Waals surface area contributed by atoms with E-state index < -0.39 is 5.60 Å². The first-order valence-electron chi connectivity index (χ1n) is 12.4. The number of amides is 1. The molecule has 2 saturated heterocycles. The SMILES string of the molecule is O=C(C1CN(Cc2ccc(OCc3ccc(Cl)c(Cl)c3)cc2)C1)N1CCC(O)(c2cccc(Br)c2)CC1. The third kappa shape index (κ3) is 6.32. The van der Waals surface area contributed by atoms with Crippen LogP contribution in [0.1, 0.15) is 29.5 Å². The zero-order valence-corrected chi connectivity index (χ0v) is 23.5. The highest BCUT2D eigenvalue weighted by Crippen LogP contribution is 2.35. The third-order valence-electron chi connectivity index (χ3n) is 7.29. The van der Waals surface area contributed by atoms with Crippen molar-refractivity contribution >= 4 is 45.0 Å². The van der Waals surface area contributed by atoms with Crippen molar-refractivity contribution in [2.75, 3.05) is 26.2 Å². The van der Waals surface area contributed by atoms with Gasteiger partial charge in [-0.15, -0.1) is 0 Å². The van der Waals surface area contributed by atoms with Crippen LogP contribution in [0.15, 0.2) is 71.2 Å². The average Bonchev–Trinajstić information content (AvgIpc) is 2.87. The smallest absolute Gasteiger partial charge is 0.228 e. The highest BCUT2D eigenvalue weighted by atomic mass is 79.9. The Balaban J connectivity index is 1.05. The van der Waals surface area contributed by atoms with Gasteiger partial charge in [0.25, 0.3) is 0 Å². The van der Waals surface area contributed by atoms with Crippen LogP contribution in [0.4, 0.5) is 0 Å². The molecule has 1 N–H and O–H groups in total. The van der Waals surface area contributed by atoms with E-state index in [2.05, 4.69) is 33.0 Å². The Labute approximate surface area is 236 Å². The quantitative estimate of drug-likeness (QED) is 0.345. The number of piperidine rings is 1. The lowest BCUT2D eigenvalue weighted by atomic mass is 9.84. The van der Waals surface area contributed by atoms with E-state index >= 15 is 0 Å². The molecule has 1 amide bonds. The topological polar surface area (TPSA) is 53.0 Å². The van der Waals surface area contributed by atoms with E-state index in [-0.39, 0.29) is 11.8 Å². The van der Waals surface area contributed by atoms with Crippen molar-refractivity contribution in [1.29, 1.82) is 0 Å². The summed E-state index contributed by atoms with van der Waals surface area (Å²) in [6.07, 6.45) is 1.12. The van der Waals surface area contributed by atoms with Crippen molar-refractivity contribution in [2.24, 2.45) is 5.92 Å². The molecule has 3 aromatic rings. The normalized spacial score (nSPS) is 17.9. The predicted octanol–water partition coefficient (Wildman–Crippen LogP) is 6.28. The number of carbonyl (C=O) groups excluding carboxylic acids is 1. The van der Waals surface area contributed by atoms with Gasteiger partial charge in [-0.2, -0.15) is 0 Å². The van der Waals surface area contributed by atoms with Crippen LogP contribution < -0.4 is 4.74 Å². The molecule has 194 valence electrons. The fourth-order valence-corrected chi connectivity index (χ4v) is 5.74. The van der Waals surface area contributed by atoms with Crippen molar-refractivity contribution < 1.29 is 14.6 Å². The first kappa shape index (κ1) is 26.5. The molecule has 2 aliphatic heterocycles. The maximum Gasteiger partial charge on any atom is 0.228 e. The number of aliphatic hydroxyl groups is 1. The maximum absolute atomic E-state index is 13.0.